The molecule has 4 heteroatoms. The van der Waals surface area contributed by atoms with E-state index >= 15 is 0 Å². The Morgan fingerprint density at radius 3 is 3.06 bits per heavy atom. The second-order valence-corrected chi connectivity index (χ2v) is 5.05. The molecule has 0 unspecified atom stereocenters. The number of nitrogens with zero attached hydrogens (tertiary/aromatic N) is 2. The first kappa shape index (κ1) is 11.0. The molecule has 0 radical (unpaired) electrons. The molecule has 0 aliphatic carbocycles. The molecule has 16 heavy (non-hydrogen) atoms. The Morgan fingerprint density at radius 2 is 2.38 bits per heavy atom. The number of rotatable bonds is 3. The third-order valence-corrected chi connectivity index (χ3v) is 3.51. The third kappa shape index (κ3) is 2.20. The van der Waals surface area contributed by atoms with E-state index in [-0.39, 0.29) is 0 Å². The lowest BCUT2D eigenvalue weighted by atomic mass is 10.2. The molecule has 1 N–H and O–H groups in total. The van der Waals surface area contributed by atoms with E-state index in [0.717, 1.165) is 23.3 Å². The number of aromatic amines is 1. The predicted molar refractivity (Wildman–Crippen MR) is 67.5 cm³/mol. The van der Waals surface area contributed by atoms with Gasteiger partial charge in [-0.2, -0.15) is 17.0 Å². The average molecular weight is 231 g/mol. The van der Waals surface area contributed by atoms with Crippen LogP contribution in [0.1, 0.15) is 18.3 Å². The molecule has 0 saturated heterocycles. The zero-order valence-corrected chi connectivity index (χ0v) is 10.1. The minimum atomic E-state index is 0.552. The highest BCUT2D eigenvalue weighted by molar-refractivity contribution is 7.99. The van der Waals surface area contributed by atoms with Crippen LogP contribution in [0.5, 0.6) is 0 Å². The van der Waals surface area contributed by atoms with Gasteiger partial charge in [0, 0.05) is 11.7 Å². The molecule has 0 amide bonds. The van der Waals surface area contributed by atoms with Crippen molar-refractivity contribution in [1.82, 2.24) is 9.97 Å². The van der Waals surface area contributed by atoms with E-state index in [2.05, 4.69) is 29.2 Å². The van der Waals surface area contributed by atoms with Gasteiger partial charge in [-0.15, -0.1) is 0 Å². The summed E-state index contributed by atoms with van der Waals surface area (Å²) in [6, 6.07) is 7.65. The van der Waals surface area contributed by atoms with Gasteiger partial charge in [-0.05, 0) is 24.5 Å². The highest BCUT2D eigenvalue weighted by Gasteiger charge is 2.07. The molecular formula is C12H13N3S. The third-order valence-electron chi connectivity index (χ3n) is 2.54. The van der Waals surface area contributed by atoms with Crippen LogP contribution in [0.2, 0.25) is 0 Å². The van der Waals surface area contributed by atoms with Crippen LogP contribution in [0.25, 0.3) is 11.0 Å². The fourth-order valence-corrected chi connectivity index (χ4v) is 1.91. The summed E-state index contributed by atoms with van der Waals surface area (Å²) in [7, 11) is 0. The zero-order chi connectivity index (χ0) is 11.5. The quantitative estimate of drug-likeness (QED) is 0.883. The Balaban J connectivity index is 2.33. The molecule has 2 rings (SSSR count). The molecule has 1 atom stereocenters. The number of nitrogens with one attached hydrogen (secondary N) is 1. The number of imidazole rings is 1. The number of hydrogen-bond acceptors (Lipinski definition) is 3. The van der Waals surface area contributed by atoms with Gasteiger partial charge in [0.2, 0.25) is 0 Å². The maximum absolute atomic E-state index is 8.80. The molecule has 0 aliphatic rings. The van der Waals surface area contributed by atoms with Crippen LogP contribution in [-0.4, -0.2) is 21.5 Å². The number of hydrogen-bond donors (Lipinski definition) is 1. The van der Waals surface area contributed by atoms with E-state index in [1.54, 1.807) is 6.07 Å². The second-order valence-electron chi connectivity index (χ2n) is 3.78. The van der Waals surface area contributed by atoms with E-state index in [1.165, 1.54) is 0 Å². The number of benzene rings is 1. The highest BCUT2D eigenvalue weighted by atomic mass is 32.2. The molecule has 0 spiro atoms. The van der Waals surface area contributed by atoms with Crippen molar-refractivity contribution in [2.75, 3.05) is 6.26 Å². The summed E-state index contributed by atoms with van der Waals surface area (Å²) >= 11 is 1.82. The van der Waals surface area contributed by atoms with Crippen molar-refractivity contribution in [3.05, 3.63) is 29.6 Å². The van der Waals surface area contributed by atoms with Crippen LogP contribution in [0.15, 0.2) is 18.2 Å². The van der Waals surface area contributed by atoms with Gasteiger partial charge in [0.25, 0.3) is 0 Å². The first-order chi connectivity index (χ1) is 7.72. The molecule has 3 nitrogen and oxygen atoms in total. The summed E-state index contributed by atoms with van der Waals surface area (Å²) in [6.07, 6.45) is 3.03. The van der Waals surface area contributed by atoms with E-state index < -0.39 is 0 Å². The normalized spacial score (nSPS) is 12.6. The molecule has 0 bridgehead atoms. The molecule has 1 heterocycles. The van der Waals surface area contributed by atoms with Crippen molar-refractivity contribution < 1.29 is 0 Å². The van der Waals surface area contributed by atoms with Crippen LogP contribution < -0.4 is 0 Å². The Bertz CT molecular complexity index is 539. The molecule has 0 aliphatic heterocycles. The van der Waals surface area contributed by atoms with Crippen molar-refractivity contribution in [2.24, 2.45) is 0 Å². The van der Waals surface area contributed by atoms with Gasteiger partial charge in [0.15, 0.2) is 0 Å². The largest absolute Gasteiger partial charge is 0.342 e. The summed E-state index contributed by atoms with van der Waals surface area (Å²) in [5.74, 6) is 0.993. The monoisotopic (exact) mass is 231 g/mol. The second kappa shape index (κ2) is 4.58. The lowest BCUT2D eigenvalue weighted by Crippen LogP contribution is -2.01. The summed E-state index contributed by atoms with van der Waals surface area (Å²) < 4.78 is 0. The lowest BCUT2D eigenvalue weighted by molar-refractivity contribution is 0.880. The first-order valence-electron chi connectivity index (χ1n) is 5.14. The molecular weight excluding hydrogens is 218 g/mol. The fraction of sp³-hybridized carbons (Fsp3) is 0.333. The minimum absolute atomic E-state index is 0.552. The zero-order valence-electron chi connectivity index (χ0n) is 9.32. The lowest BCUT2D eigenvalue weighted by Gasteiger charge is -2.03. The summed E-state index contributed by atoms with van der Waals surface area (Å²) in [6.45, 7) is 2.18. The Hall–Kier alpha value is -1.47. The van der Waals surface area contributed by atoms with Gasteiger partial charge >= 0.3 is 0 Å². The van der Waals surface area contributed by atoms with Crippen molar-refractivity contribution >= 4 is 22.8 Å². The molecule has 82 valence electrons. The topological polar surface area (TPSA) is 52.5 Å². The molecule has 0 fully saturated rings. The van der Waals surface area contributed by atoms with Crippen LogP contribution in [0.4, 0.5) is 0 Å². The van der Waals surface area contributed by atoms with Crippen molar-refractivity contribution in [1.29, 1.82) is 5.26 Å². The Kier molecular flexibility index (Phi) is 3.16. The van der Waals surface area contributed by atoms with Crippen LogP contribution in [0.3, 0.4) is 0 Å². The molecule has 2 aromatic rings. The maximum atomic E-state index is 8.80. The van der Waals surface area contributed by atoms with Crippen molar-refractivity contribution in [3.8, 4) is 6.07 Å². The SMILES string of the molecule is CS[C@H](C)Cc1nc2ccc(C#N)cc2[nH]1. The van der Waals surface area contributed by atoms with E-state index in [0.29, 0.717) is 10.8 Å². The summed E-state index contributed by atoms with van der Waals surface area (Å²) in [5, 5.41) is 9.35. The standard InChI is InChI=1S/C12H13N3S/c1-8(16-2)5-12-14-10-4-3-9(7-13)6-11(10)15-12/h3-4,6,8H,5H2,1-2H3,(H,14,15)/t8-/m1/s1. The van der Waals surface area contributed by atoms with E-state index in [1.807, 2.05) is 23.9 Å². The summed E-state index contributed by atoms with van der Waals surface area (Å²) in [5.41, 5.74) is 2.55. The fourth-order valence-electron chi connectivity index (χ4n) is 1.58. The Morgan fingerprint density at radius 1 is 1.56 bits per heavy atom. The predicted octanol–water partition coefficient (Wildman–Crippen LogP) is 2.73. The Labute approximate surface area is 98.9 Å². The number of thioether (sulfide) groups is 1. The number of aromatic nitrogens is 2. The van der Waals surface area contributed by atoms with Gasteiger partial charge in [0.05, 0.1) is 22.7 Å². The number of nitriles is 1. The van der Waals surface area contributed by atoms with Crippen LogP contribution in [-0.2, 0) is 6.42 Å². The van der Waals surface area contributed by atoms with Crippen LogP contribution >= 0.6 is 11.8 Å². The van der Waals surface area contributed by atoms with Gasteiger partial charge in [-0.25, -0.2) is 4.98 Å². The molecule has 1 aromatic heterocycles. The smallest absolute Gasteiger partial charge is 0.108 e. The average Bonchev–Trinajstić information content (AvgIpc) is 2.69. The minimum Gasteiger partial charge on any atom is -0.342 e. The number of H-pyrrole nitrogens is 1. The first-order valence-corrected chi connectivity index (χ1v) is 6.43. The number of fused-ring (bicyclic) bond motifs is 1. The molecule has 1 aromatic carbocycles. The summed E-state index contributed by atoms with van der Waals surface area (Å²) in [4.78, 5) is 7.76. The van der Waals surface area contributed by atoms with Crippen molar-refractivity contribution in [3.63, 3.8) is 0 Å². The molecule has 0 saturated carbocycles. The van der Waals surface area contributed by atoms with Crippen LogP contribution in [0, 0.1) is 11.3 Å². The van der Waals surface area contributed by atoms with Gasteiger partial charge < -0.3 is 4.98 Å². The van der Waals surface area contributed by atoms with E-state index in [4.69, 9.17) is 5.26 Å². The van der Waals surface area contributed by atoms with E-state index in [9.17, 15) is 0 Å². The van der Waals surface area contributed by atoms with Gasteiger partial charge in [0.1, 0.15) is 5.82 Å². The van der Waals surface area contributed by atoms with Crippen molar-refractivity contribution in [2.45, 2.75) is 18.6 Å². The maximum Gasteiger partial charge on any atom is 0.108 e. The van der Waals surface area contributed by atoms with Gasteiger partial charge in [-0.1, -0.05) is 6.92 Å². The highest BCUT2D eigenvalue weighted by Crippen LogP contribution is 2.16. The van der Waals surface area contributed by atoms with Gasteiger partial charge in [-0.3, -0.25) is 0 Å².